The fourth-order valence-corrected chi connectivity index (χ4v) is 2.96. The molecule has 2 rings (SSSR count). The molecule has 0 aromatic heterocycles. The summed E-state index contributed by atoms with van der Waals surface area (Å²) in [6, 6.07) is 8.93. The quantitative estimate of drug-likeness (QED) is 0.655. The molecule has 0 saturated carbocycles. The Labute approximate surface area is 119 Å². The second kappa shape index (κ2) is 6.50. The first-order valence-corrected chi connectivity index (χ1v) is 7.12. The third-order valence-electron chi connectivity index (χ3n) is 4.02. The number of nitrogens with one attached hydrogen (secondary N) is 2. The highest BCUT2D eigenvalue weighted by atomic mass is 16.6. The van der Waals surface area contributed by atoms with Crippen molar-refractivity contribution in [2.24, 2.45) is 0 Å². The summed E-state index contributed by atoms with van der Waals surface area (Å²) in [5.41, 5.74) is 0.976. The summed E-state index contributed by atoms with van der Waals surface area (Å²) in [7, 11) is 0. The fraction of sp³-hybridized carbons (Fsp3) is 0.533. The minimum Gasteiger partial charge on any atom is -0.370 e. The van der Waals surface area contributed by atoms with Gasteiger partial charge in [0.05, 0.1) is 11.8 Å². The van der Waals surface area contributed by atoms with Gasteiger partial charge >= 0.3 is 0 Å². The summed E-state index contributed by atoms with van der Waals surface area (Å²) in [5, 5.41) is 22.3. The van der Waals surface area contributed by atoms with Gasteiger partial charge < -0.3 is 5.32 Å². The van der Waals surface area contributed by atoms with Crippen molar-refractivity contribution in [2.45, 2.75) is 50.6 Å². The molecule has 1 aromatic carbocycles. The van der Waals surface area contributed by atoms with Crippen LogP contribution in [-0.4, -0.2) is 22.8 Å². The molecule has 1 heterocycles. The lowest BCUT2D eigenvalue weighted by atomic mass is 9.84. The Kier molecular flexibility index (Phi) is 4.71. The van der Waals surface area contributed by atoms with E-state index < -0.39 is 6.04 Å². The second-order valence-corrected chi connectivity index (χ2v) is 5.44. The minimum absolute atomic E-state index is 0.0344. The standard InChI is InChI=1S/C15H21N3O2/c1-11(18(19)20)15(12-7-3-2-4-8-12)13-9-5-6-10-14(16)17-13/h2-4,7-8,11,13,15H,5-6,9-10H2,1H3,(H2,16,17). The zero-order valence-corrected chi connectivity index (χ0v) is 11.7. The van der Waals surface area contributed by atoms with Crippen molar-refractivity contribution in [1.29, 1.82) is 5.41 Å². The lowest BCUT2D eigenvalue weighted by molar-refractivity contribution is -0.523. The van der Waals surface area contributed by atoms with E-state index >= 15 is 0 Å². The van der Waals surface area contributed by atoms with Crippen LogP contribution in [0.25, 0.3) is 0 Å². The average Bonchev–Trinajstić information content (AvgIpc) is 2.65. The molecule has 1 saturated heterocycles. The van der Waals surface area contributed by atoms with Crippen molar-refractivity contribution < 1.29 is 4.92 Å². The van der Waals surface area contributed by atoms with Gasteiger partial charge in [-0.3, -0.25) is 15.5 Å². The molecular weight excluding hydrogens is 254 g/mol. The van der Waals surface area contributed by atoms with Crippen LogP contribution in [0.1, 0.15) is 44.1 Å². The molecule has 0 aliphatic carbocycles. The van der Waals surface area contributed by atoms with Crippen LogP contribution in [0, 0.1) is 15.5 Å². The van der Waals surface area contributed by atoms with Gasteiger partial charge in [-0.05, 0) is 18.4 Å². The zero-order valence-electron chi connectivity index (χ0n) is 11.7. The Morgan fingerprint density at radius 3 is 2.70 bits per heavy atom. The zero-order chi connectivity index (χ0) is 14.5. The molecule has 108 valence electrons. The predicted octanol–water partition coefficient (Wildman–Crippen LogP) is 2.94. The van der Waals surface area contributed by atoms with E-state index in [4.69, 9.17) is 5.41 Å². The molecule has 0 spiro atoms. The molecule has 2 N–H and O–H groups in total. The Hall–Kier alpha value is -1.91. The van der Waals surface area contributed by atoms with Gasteiger partial charge in [-0.2, -0.15) is 0 Å². The molecule has 0 bridgehead atoms. The van der Waals surface area contributed by atoms with E-state index in [0.29, 0.717) is 5.84 Å². The lowest BCUT2D eigenvalue weighted by Gasteiger charge is -2.28. The van der Waals surface area contributed by atoms with E-state index in [1.54, 1.807) is 6.92 Å². The summed E-state index contributed by atoms with van der Waals surface area (Å²) in [6.07, 6.45) is 3.61. The van der Waals surface area contributed by atoms with E-state index in [2.05, 4.69) is 5.32 Å². The number of nitro groups is 1. The van der Waals surface area contributed by atoms with Crippen molar-refractivity contribution in [3.05, 3.63) is 46.0 Å². The molecule has 20 heavy (non-hydrogen) atoms. The first-order valence-electron chi connectivity index (χ1n) is 7.12. The number of hydrogen-bond acceptors (Lipinski definition) is 3. The summed E-state index contributed by atoms with van der Waals surface area (Å²) in [5.74, 6) is 0.300. The molecule has 1 aliphatic rings. The molecule has 3 atom stereocenters. The Balaban J connectivity index is 2.30. The summed E-state index contributed by atoms with van der Waals surface area (Å²) >= 11 is 0. The number of hydrogen-bond donors (Lipinski definition) is 2. The van der Waals surface area contributed by atoms with E-state index in [1.165, 1.54) is 0 Å². The van der Waals surface area contributed by atoms with E-state index in [1.807, 2.05) is 30.3 Å². The molecule has 3 unspecified atom stereocenters. The number of nitrogens with zero attached hydrogens (tertiary/aromatic N) is 1. The third-order valence-corrected chi connectivity index (χ3v) is 4.02. The van der Waals surface area contributed by atoms with Gasteiger partial charge in [0, 0.05) is 24.3 Å². The molecule has 0 radical (unpaired) electrons. The van der Waals surface area contributed by atoms with Gasteiger partial charge in [0.2, 0.25) is 6.04 Å². The highest BCUT2D eigenvalue weighted by Crippen LogP contribution is 2.29. The van der Waals surface area contributed by atoms with Crippen molar-refractivity contribution in [1.82, 2.24) is 5.32 Å². The Morgan fingerprint density at radius 2 is 2.05 bits per heavy atom. The first-order chi connectivity index (χ1) is 9.59. The highest BCUT2D eigenvalue weighted by Gasteiger charge is 2.36. The average molecular weight is 275 g/mol. The van der Waals surface area contributed by atoms with Crippen LogP contribution >= 0.6 is 0 Å². The molecule has 0 amide bonds. The van der Waals surface area contributed by atoms with Crippen molar-refractivity contribution in [2.75, 3.05) is 0 Å². The van der Waals surface area contributed by atoms with E-state index in [-0.39, 0.29) is 16.9 Å². The van der Waals surface area contributed by atoms with Gasteiger partial charge in [0.25, 0.3) is 0 Å². The molecule has 5 nitrogen and oxygen atoms in total. The molecule has 1 fully saturated rings. The van der Waals surface area contributed by atoms with Crippen LogP contribution in [0.15, 0.2) is 30.3 Å². The van der Waals surface area contributed by atoms with Crippen LogP contribution < -0.4 is 5.32 Å². The van der Waals surface area contributed by atoms with Crippen LogP contribution in [-0.2, 0) is 0 Å². The van der Waals surface area contributed by atoms with Crippen molar-refractivity contribution in [3.8, 4) is 0 Å². The van der Waals surface area contributed by atoms with Crippen LogP contribution in [0.4, 0.5) is 0 Å². The van der Waals surface area contributed by atoms with Crippen LogP contribution in [0.3, 0.4) is 0 Å². The summed E-state index contributed by atoms with van der Waals surface area (Å²) in [6.45, 7) is 1.66. The largest absolute Gasteiger partial charge is 0.370 e. The van der Waals surface area contributed by atoms with Crippen LogP contribution in [0.2, 0.25) is 0 Å². The topological polar surface area (TPSA) is 79.0 Å². The van der Waals surface area contributed by atoms with Gasteiger partial charge in [0.1, 0.15) is 0 Å². The lowest BCUT2D eigenvalue weighted by Crippen LogP contribution is -2.43. The maximum absolute atomic E-state index is 11.2. The Morgan fingerprint density at radius 1 is 1.35 bits per heavy atom. The normalized spacial score (nSPS) is 22.4. The van der Waals surface area contributed by atoms with E-state index in [9.17, 15) is 10.1 Å². The minimum atomic E-state index is -0.666. The smallest absolute Gasteiger partial charge is 0.219 e. The van der Waals surface area contributed by atoms with Crippen molar-refractivity contribution in [3.63, 3.8) is 0 Å². The van der Waals surface area contributed by atoms with Gasteiger partial charge in [-0.25, -0.2) is 0 Å². The SMILES string of the molecule is CC(C(c1ccccc1)C1CCCCC(=N)N1)[N+](=O)[O-]. The fourth-order valence-electron chi connectivity index (χ4n) is 2.96. The Bertz CT molecular complexity index is 475. The molecular formula is C15H21N3O2. The predicted molar refractivity (Wildman–Crippen MR) is 78.8 cm³/mol. The summed E-state index contributed by atoms with van der Waals surface area (Å²) in [4.78, 5) is 11.0. The van der Waals surface area contributed by atoms with Gasteiger partial charge in [-0.15, -0.1) is 0 Å². The first kappa shape index (κ1) is 14.5. The van der Waals surface area contributed by atoms with Gasteiger partial charge in [-0.1, -0.05) is 36.8 Å². The maximum atomic E-state index is 11.2. The van der Waals surface area contributed by atoms with Gasteiger partial charge in [0.15, 0.2) is 0 Å². The van der Waals surface area contributed by atoms with E-state index in [0.717, 1.165) is 31.2 Å². The number of amidine groups is 1. The highest BCUT2D eigenvalue weighted by molar-refractivity contribution is 5.79. The molecule has 1 aliphatic heterocycles. The summed E-state index contributed by atoms with van der Waals surface area (Å²) < 4.78 is 0. The maximum Gasteiger partial charge on any atom is 0.219 e. The molecule has 5 heteroatoms. The third kappa shape index (κ3) is 3.35. The monoisotopic (exact) mass is 275 g/mol. The van der Waals surface area contributed by atoms with Crippen LogP contribution in [0.5, 0.6) is 0 Å². The number of benzene rings is 1. The number of rotatable bonds is 4. The second-order valence-electron chi connectivity index (χ2n) is 5.44. The van der Waals surface area contributed by atoms with Crippen molar-refractivity contribution >= 4 is 5.84 Å². The molecule has 1 aromatic rings.